The molecular weight excluding hydrogens is 257 g/mol. The van der Waals surface area contributed by atoms with Crippen LogP contribution in [0.2, 0.25) is 5.02 Å². The number of hydrogen-bond donors (Lipinski definition) is 0. The average Bonchev–Trinajstić information content (AvgIpc) is 2.16. The molecule has 0 saturated heterocycles. The van der Waals surface area contributed by atoms with Crippen LogP contribution in [0.5, 0.6) is 0 Å². The van der Waals surface area contributed by atoms with Gasteiger partial charge >= 0.3 is 29.6 Å². The van der Waals surface area contributed by atoms with Crippen LogP contribution in [0.1, 0.15) is 0 Å². The molecular formula is C6H3ClNNaO5S. The molecule has 1 aromatic rings. The summed E-state index contributed by atoms with van der Waals surface area (Å²) in [4.78, 5) is 10.0. The van der Waals surface area contributed by atoms with Gasteiger partial charge in [0.05, 0.1) is 26.9 Å². The van der Waals surface area contributed by atoms with E-state index in [1.165, 1.54) is 18.2 Å². The molecule has 1 rings (SSSR count). The summed E-state index contributed by atoms with van der Waals surface area (Å²) in [5.74, 6) is 0. The van der Waals surface area contributed by atoms with Gasteiger partial charge in [-0.05, 0) is 6.07 Å². The fourth-order valence-corrected chi connectivity index (χ4v) is 1.35. The Morgan fingerprint density at radius 2 is 2.13 bits per heavy atom. The summed E-state index contributed by atoms with van der Waals surface area (Å²) in [7, 11) is 0. The van der Waals surface area contributed by atoms with Crippen LogP contribution >= 0.6 is 23.6 Å². The van der Waals surface area contributed by atoms with Crippen molar-refractivity contribution in [3.63, 3.8) is 0 Å². The van der Waals surface area contributed by atoms with E-state index in [1.807, 2.05) is 0 Å². The summed E-state index contributed by atoms with van der Waals surface area (Å²) in [6.45, 7) is 0. The quantitative estimate of drug-likeness (QED) is 0.215. The summed E-state index contributed by atoms with van der Waals surface area (Å²) < 4.78 is 3.99. The molecule has 0 N–H and O–H groups in total. The van der Waals surface area contributed by atoms with Crippen molar-refractivity contribution in [1.29, 1.82) is 0 Å². The first-order chi connectivity index (χ1) is 6.65. The summed E-state index contributed by atoms with van der Waals surface area (Å²) in [6, 6.07) is 3.74. The first kappa shape index (κ1) is 15.1. The Bertz CT molecular complexity index is 352. The molecule has 15 heavy (non-hydrogen) atoms. The minimum Gasteiger partial charge on any atom is -0.691 e. The third-order valence-electron chi connectivity index (χ3n) is 1.28. The number of hydrogen-bond acceptors (Lipinski definition) is 6. The van der Waals surface area contributed by atoms with Crippen LogP contribution in [-0.4, -0.2) is 4.92 Å². The Morgan fingerprint density at radius 1 is 1.47 bits per heavy atom. The minimum atomic E-state index is -0.585. The number of non-ortho nitro benzene ring substituents is 1. The van der Waals surface area contributed by atoms with Crippen LogP contribution in [0.3, 0.4) is 0 Å². The molecule has 9 heteroatoms. The van der Waals surface area contributed by atoms with Gasteiger partial charge in [0.2, 0.25) is 0 Å². The van der Waals surface area contributed by atoms with Gasteiger partial charge < -0.3 is 5.26 Å². The van der Waals surface area contributed by atoms with Crippen LogP contribution in [0.15, 0.2) is 23.1 Å². The summed E-state index contributed by atoms with van der Waals surface area (Å²) in [5.41, 5.74) is -0.147. The van der Waals surface area contributed by atoms with E-state index < -0.39 is 4.92 Å². The predicted octanol–water partition coefficient (Wildman–Crippen LogP) is -1.52. The molecule has 0 saturated carbocycles. The smallest absolute Gasteiger partial charge is 0.691 e. The fraction of sp³-hybridized carbons (Fsp3) is 0. The molecule has 0 atom stereocenters. The number of rotatable bonds is 4. The largest absolute Gasteiger partial charge is 1.00 e. The minimum absolute atomic E-state index is 0. The molecule has 0 bridgehead atoms. The van der Waals surface area contributed by atoms with Gasteiger partial charge in [-0.2, -0.15) is 4.33 Å². The fourth-order valence-electron chi connectivity index (χ4n) is 0.720. The van der Waals surface area contributed by atoms with Gasteiger partial charge in [0.1, 0.15) is 0 Å². The maximum absolute atomic E-state index is 10.4. The van der Waals surface area contributed by atoms with Gasteiger partial charge in [0, 0.05) is 12.1 Å². The Hall–Kier alpha value is 0.140. The first-order valence-electron chi connectivity index (χ1n) is 3.22. The molecule has 76 valence electrons. The second kappa shape index (κ2) is 7.42. The number of nitro benzene ring substituents is 1. The van der Waals surface area contributed by atoms with Gasteiger partial charge in [-0.1, -0.05) is 11.6 Å². The maximum atomic E-state index is 10.4. The topological polar surface area (TPSA) is 84.7 Å². The molecule has 6 nitrogen and oxygen atoms in total. The van der Waals surface area contributed by atoms with Crippen LogP contribution in [0.4, 0.5) is 5.69 Å². The normalized spacial score (nSPS) is 9.47. The zero-order chi connectivity index (χ0) is 10.6. The first-order valence-corrected chi connectivity index (χ1v) is 4.34. The third-order valence-corrected chi connectivity index (χ3v) is 2.36. The van der Waals surface area contributed by atoms with Gasteiger partial charge in [-0.3, -0.25) is 15.2 Å². The molecule has 1 aromatic carbocycles. The van der Waals surface area contributed by atoms with Crippen molar-refractivity contribution < 1.29 is 49.1 Å². The third kappa shape index (κ3) is 4.66. The number of nitrogens with zero attached hydrogens (tertiary/aromatic N) is 1. The van der Waals surface area contributed by atoms with E-state index in [9.17, 15) is 15.4 Å². The van der Waals surface area contributed by atoms with Crippen molar-refractivity contribution in [3.05, 3.63) is 33.3 Å². The molecule has 0 spiro atoms. The molecule has 0 aromatic heterocycles. The molecule has 0 radical (unpaired) electrons. The van der Waals surface area contributed by atoms with E-state index in [2.05, 4.69) is 9.37 Å². The number of nitro groups is 1. The summed E-state index contributed by atoms with van der Waals surface area (Å²) in [6.07, 6.45) is 0. The predicted molar refractivity (Wildman–Crippen MR) is 46.1 cm³/mol. The molecule has 0 fully saturated rings. The number of benzene rings is 1. The second-order valence-corrected chi connectivity index (χ2v) is 3.24. The molecule has 0 unspecified atom stereocenters. The van der Waals surface area contributed by atoms with Gasteiger partial charge in [0.15, 0.2) is 0 Å². The molecule has 0 aliphatic carbocycles. The SMILES string of the molecule is O=[N+]([O-])c1ccc(Cl)c(SOO[O-])c1.[Na+]. The van der Waals surface area contributed by atoms with Gasteiger partial charge in [-0.25, -0.2) is 0 Å². The van der Waals surface area contributed by atoms with E-state index in [0.717, 1.165) is 0 Å². The Labute approximate surface area is 116 Å². The molecule has 0 aliphatic rings. The van der Waals surface area contributed by atoms with Crippen molar-refractivity contribution in [2.75, 3.05) is 0 Å². The Balaban J connectivity index is 0.00000196. The van der Waals surface area contributed by atoms with Crippen LogP contribution in [0, 0.1) is 10.1 Å². The Morgan fingerprint density at radius 3 is 2.67 bits per heavy atom. The van der Waals surface area contributed by atoms with Gasteiger partial charge in [-0.15, -0.1) is 0 Å². The standard InChI is InChI=1S/C6H4ClNO5S.Na/c7-5-2-1-4(8(9)10)3-6(5)14-13-12-11;/h1-3,11H;/q;+1/p-1. The van der Waals surface area contributed by atoms with Crippen molar-refractivity contribution in [1.82, 2.24) is 0 Å². The van der Waals surface area contributed by atoms with Crippen molar-refractivity contribution in [2.24, 2.45) is 0 Å². The summed E-state index contributed by atoms with van der Waals surface area (Å²) >= 11 is 6.16. The second-order valence-electron chi connectivity index (χ2n) is 2.09. The van der Waals surface area contributed by atoms with Crippen molar-refractivity contribution in [2.45, 2.75) is 4.90 Å². The molecule has 0 amide bonds. The molecule has 0 aliphatic heterocycles. The maximum Gasteiger partial charge on any atom is 1.00 e. The van der Waals surface area contributed by atoms with Gasteiger partial charge in [0.25, 0.3) is 5.69 Å². The zero-order valence-corrected chi connectivity index (χ0v) is 11.1. The monoisotopic (exact) mass is 259 g/mol. The van der Waals surface area contributed by atoms with E-state index in [0.29, 0.717) is 12.0 Å². The van der Waals surface area contributed by atoms with E-state index in [-0.39, 0.29) is 45.2 Å². The van der Waals surface area contributed by atoms with E-state index >= 15 is 0 Å². The zero-order valence-electron chi connectivity index (χ0n) is 7.51. The van der Waals surface area contributed by atoms with E-state index in [1.54, 1.807) is 0 Å². The number of halogens is 1. The van der Waals surface area contributed by atoms with Crippen molar-refractivity contribution >= 4 is 29.3 Å². The van der Waals surface area contributed by atoms with Crippen LogP contribution in [0.25, 0.3) is 0 Å². The average molecular weight is 260 g/mol. The van der Waals surface area contributed by atoms with Crippen LogP contribution < -0.4 is 34.8 Å². The van der Waals surface area contributed by atoms with Crippen molar-refractivity contribution in [3.8, 4) is 0 Å². The van der Waals surface area contributed by atoms with Crippen LogP contribution in [-0.2, 0) is 9.37 Å². The Kier molecular flexibility index (Phi) is 7.49. The van der Waals surface area contributed by atoms with E-state index in [4.69, 9.17) is 11.6 Å². The molecule has 0 heterocycles. The summed E-state index contributed by atoms with van der Waals surface area (Å²) in [5, 5.41) is 23.2.